The lowest BCUT2D eigenvalue weighted by Crippen LogP contribution is -2.25. The van der Waals surface area contributed by atoms with Crippen molar-refractivity contribution >= 4 is 46.7 Å². The maximum atomic E-state index is 13.3. The largest absolute Gasteiger partial charge is 0.382 e. The molecule has 2 aromatic carbocycles. The SMILES string of the molecule is Nc1nc(SCC(=O)NCc2ccccc2Cl)[nH]c(=O)c1NC(=O)c1ccc(F)c(F)c1. The van der Waals surface area contributed by atoms with Crippen LogP contribution in [-0.2, 0) is 11.3 Å². The smallest absolute Gasteiger partial charge is 0.277 e. The fraction of sp³-hybridized carbons (Fsp3) is 0.100. The molecule has 0 aliphatic heterocycles. The molecule has 0 radical (unpaired) electrons. The number of nitrogens with zero attached hydrogens (tertiary/aromatic N) is 1. The van der Waals surface area contributed by atoms with Gasteiger partial charge in [-0.2, -0.15) is 0 Å². The number of nitrogen functional groups attached to an aromatic ring is 1. The topological polar surface area (TPSA) is 130 Å². The molecular weight excluding hydrogens is 464 g/mol. The zero-order valence-electron chi connectivity index (χ0n) is 16.2. The molecule has 2 amide bonds. The van der Waals surface area contributed by atoms with E-state index in [9.17, 15) is 23.2 Å². The lowest BCUT2D eigenvalue weighted by Gasteiger charge is -2.09. The Kier molecular flexibility index (Phi) is 7.44. The molecule has 0 spiro atoms. The summed E-state index contributed by atoms with van der Waals surface area (Å²) in [5.41, 5.74) is 5.17. The van der Waals surface area contributed by atoms with Crippen LogP contribution in [0.25, 0.3) is 0 Å². The van der Waals surface area contributed by atoms with Gasteiger partial charge >= 0.3 is 0 Å². The van der Waals surface area contributed by atoms with Gasteiger partial charge in [-0.1, -0.05) is 41.6 Å². The summed E-state index contributed by atoms with van der Waals surface area (Å²) in [6.07, 6.45) is 0. The average molecular weight is 480 g/mol. The summed E-state index contributed by atoms with van der Waals surface area (Å²) in [5.74, 6) is -3.89. The highest BCUT2D eigenvalue weighted by molar-refractivity contribution is 7.99. The first kappa shape index (κ1) is 23.2. The third-order valence-corrected chi connectivity index (χ3v) is 5.36. The van der Waals surface area contributed by atoms with Crippen molar-refractivity contribution in [2.45, 2.75) is 11.7 Å². The van der Waals surface area contributed by atoms with Gasteiger partial charge in [0.1, 0.15) is 5.69 Å². The third-order valence-electron chi connectivity index (χ3n) is 4.12. The van der Waals surface area contributed by atoms with E-state index in [0.717, 1.165) is 29.5 Å². The van der Waals surface area contributed by atoms with Gasteiger partial charge in [0.2, 0.25) is 5.91 Å². The van der Waals surface area contributed by atoms with Crippen molar-refractivity contribution in [3.63, 3.8) is 0 Å². The minimum Gasteiger partial charge on any atom is -0.382 e. The predicted octanol–water partition coefficient (Wildman–Crippen LogP) is 2.94. The molecule has 0 aliphatic carbocycles. The van der Waals surface area contributed by atoms with Crippen molar-refractivity contribution in [3.05, 3.63) is 80.6 Å². The van der Waals surface area contributed by atoms with Crippen molar-refractivity contribution in [1.29, 1.82) is 0 Å². The summed E-state index contributed by atoms with van der Waals surface area (Å²) in [4.78, 5) is 42.9. The Morgan fingerprint density at radius 2 is 1.91 bits per heavy atom. The van der Waals surface area contributed by atoms with Gasteiger partial charge in [-0.15, -0.1) is 0 Å². The molecule has 0 unspecified atom stereocenters. The maximum Gasteiger partial charge on any atom is 0.277 e. The molecule has 0 bridgehead atoms. The predicted molar refractivity (Wildman–Crippen MR) is 118 cm³/mol. The highest BCUT2D eigenvalue weighted by atomic mass is 35.5. The Balaban J connectivity index is 1.60. The number of rotatable bonds is 7. The summed E-state index contributed by atoms with van der Waals surface area (Å²) in [5, 5.41) is 5.50. The first-order chi connectivity index (χ1) is 15.2. The Bertz CT molecular complexity index is 1240. The molecule has 1 heterocycles. The quantitative estimate of drug-likeness (QED) is 0.304. The molecule has 12 heteroatoms. The van der Waals surface area contributed by atoms with E-state index in [1.165, 1.54) is 0 Å². The number of amides is 2. The standard InChI is InChI=1S/C20H16ClF2N5O3S/c21-12-4-2-1-3-11(12)8-25-15(29)9-32-20-27-17(24)16(19(31)28-20)26-18(30)10-5-6-13(22)14(23)7-10/h1-7H,8-9H2,(H,25,29)(H,26,30)(H3,24,27,28,31). The summed E-state index contributed by atoms with van der Waals surface area (Å²) >= 11 is 6.96. The number of hydrogen-bond acceptors (Lipinski definition) is 6. The van der Waals surface area contributed by atoms with Gasteiger partial charge in [-0.3, -0.25) is 19.4 Å². The summed E-state index contributed by atoms with van der Waals surface area (Å²) in [6.45, 7) is 0.236. The van der Waals surface area contributed by atoms with Crippen LogP contribution < -0.4 is 21.9 Å². The molecule has 3 aromatic rings. The number of halogens is 3. The van der Waals surface area contributed by atoms with E-state index in [2.05, 4.69) is 20.6 Å². The van der Waals surface area contributed by atoms with Crippen molar-refractivity contribution in [1.82, 2.24) is 15.3 Å². The molecule has 166 valence electrons. The van der Waals surface area contributed by atoms with E-state index >= 15 is 0 Å². The van der Waals surface area contributed by atoms with Crippen LogP contribution in [0.15, 0.2) is 52.4 Å². The Morgan fingerprint density at radius 3 is 2.59 bits per heavy atom. The van der Waals surface area contributed by atoms with Crippen molar-refractivity contribution in [2.24, 2.45) is 0 Å². The summed E-state index contributed by atoms with van der Waals surface area (Å²) in [6, 6.07) is 9.59. The van der Waals surface area contributed by atoms with Crippen LogP contribution in [0, 0.1) is 11.6 Å². The van der Waals surface area contributed by atoms with Crippen molar-refractivity contribution < 1.29 is 18.4 Å². The molecule has 0 saturated carbocycles. The molecule has 0 saturated heterocycles. The molecule has 8 nitrogen and oxygen atoms in total. The number of benzene rings is 2. The fourth-order valence-electron chi connectivity index (χ4n) is 2.50. The zero-order chi connectivity index (χ0) is 23.3. The van der Waals surface area contributed by atoms with Crippen LogP contribution in [0.2, 0.25) is 5.02 Å². The second-order valence-corrected chi connectivity index (χ2v) is 7.74. The fourth-order valence-corrected chi connectivity index (χ4v) is 3.40. The summed E-state index contributed by atoms with van der Waals surface area (Å²) < 4.78 is 26.3. The number of hydrogen-bond donors (Lipinski definition) is 4. The number of H-pyrrole nitrogens is 1. The number of aromatic nitrogens is 2. The average Bonchev–Trinajstić information content (AvgIpc) is 2.76. The molecule has 0 fully saturated rings. The summed E-state index contributed by atoms with van der Waals surface area (Å²) in [7, 11) is 0. The third kappa shape index (κ3) is 5.83. The Labute approximate surface area is 189 Å². The van der Waals surface area contributed by atoms with E-state index in [1.807, 2.05) is 0 Å². The Hall–Kier alpha value is -3.44. The molecule has 1 aromatic heterocycles. The number of anilines is 2. The van der Waals surface area contributed by atoms with E-state index < -0.39 is 23.1 Å². The van der Waals surface area contributed by atoms with Crippen LogP contribution in [0.4, 0.5) is 20.3 Å². The van der Waals surface area contributed by atoms with Crippen LogP contribution in [0.5, 0.6) is 0 Å². The second kappa shape index (κ2) is 10.2. The highest BCUT2D eigenvalue weighted by Crippen LogP contribution is 2.18. The zero-order valence-corrected chi connectivity index (χ0v) is 17.8. The number of nitrogens with one attached hydrogen (secondary N) is 3. The van der Waals surface area contributed by atoms with Gasteiger partial charge in [0.25, 0.3) is 11.5 Å². The van der Waals surface area contributed by atoms with Crippen LogP contribution in [0.1, 0.15) is 15.9 Å². The van der Waals surface area contributed by atoms with E-state index in [0.29, 0.717) is 11.1 Å². The number of aromatic amines is 1. The van der Waals surface area contributed by atoms with Gasteiger partial charge in [0.05, 0.1) is 5.75 Å². The van der Waals surface area contributed by atoms with E-state index in [1.54, 1.807) is 24.3 Å². The van der Waals surface area contributed by atoms with E-state index in [4.69, 9.17) is 17.3 Å². The van der Waals surface area contributed by atoms with Crippen molar-refractivity contribution in [2.75, 3.05) is 16.8 Å². The van der Waals surface area contributed by atoms with Gasteiger partial charge in [0.15, 0.2) is 22.6 Å². The number of carbonyl (C=O) groups excluding carboxylic acids is 2. The van der Waals surface area contributed by atoms with Gasteiger partial charge in [-0.05, 0) is 29.8 Å². The minimum atomic E-state index is -1.21. The number of nitrogens with two attached hydrogens (primary N) is 1. The lowest BCUT2D eigenvalue weighted by atomic mass is 10.2. The van der Waals surface area contributed by atoms with Crippen LogP contribution >= 0.6 is 23.4 Å². The van der Waals surface area contributed by atoms with Crippen LogP contribution in [-0.4, -0.2) is 27.5 Å². The Morgan fingerprint density at radius 1 is 1.16 bits per heavy atom. The molecule has 32 heavy (non-hydrogen) atoms. The van der Waals surface area contributed by atoms with Crippen LogP contribution in [0.3, 0.4) is 0 Å². The first-order valence-electron chi connectivity index (χ1n) is 9.03. The van der Waals surface area contributed by atoms with Gasteiger partial charge < -0.3 is 16.4 Å². The molecule has 0 atom stereocenters. The monoisotopic (exact) mass is 479 g/mol. The van der Waals surface area contributed by atoms with Gasteiger partial charge in [-0.25, -0.2) is 13.8 Å². The normalized spacial score (nSPS) is 10.6. The molecule has 0 aliphatic rings. The van der Waals surface area contributed by atoms with Crippen molar-refractivity contribution in [3.8, 4) is 0 Å². The maximum absolute atomic E-state index is 13.3. The van der Waals surface area contributed by atoms with Gasteiger partial charge in [0, 0.05) is 17.1 Å². The molecule has 5 N–H and O–H groups in total. The highest BCUT2D eigenvalue weighted by Gasteiger charge is 2.16. The molecule has 3 rings (SSSR count). The second-order valence-electron chi connectivity index (χ2n) is 6.37. The lowest BCUT2D eigenvalue weighted by molar-refractivity contribution is -0.118. The minimum absolute atomic E-state index is 0.0613. The van der Waals surface area contributed by atoms with E-state index in [-0.39, 0.29) is 40.4 Å². The first-order valence-corrected chi connectivity index (χ1v) is 10.4. The number of carbonyl (C=O) groups is 2. The number of thioether (sulfide) groups is 1. The molecular formula is C20H16ClF2N5O3S.